The van der Waals surface area contributed by atoms with Crippen molar-refractivity contribution in [3.8, 4) is 11.9 Å². The molecule has 1 N–H and O–H groups in total. The SMILES string of the molecule is N#Cc1nccnc1OC1CCC(NC(=O)c2ccccc2[N+](=O)[O-])CC1. The number of nitriles is 1. The van der Waals surface area contributed by atoms with E-state index in [0.717, 1.165) is 0 Å². The van der Waals surface area contributed by atoms with Crippen molar-refractivity contribution in [3.63, 3.8) is 0 Å². The first-order valence-corrected chi connectivity index (χ1v) is 8.50. The first-order valence-electron chi connectivity index (χ1n) is 8.50. The van der Waals surface area contributed by atoms with Crippen molar-refractivity contribution in [3.05, 3.63) is 58.0 Å². The summed E-state index contributed by atoms with van der Waals surface area (Å²) in [6, 6.07) is 7.74. The molecule has 1 saturated carbocycles. The second-order valence-electron chi connectivity index (χ2n) is 6.16. The Morgan fingerprint density at radius 1 is 1.22 bits per heavy atom. The van der Waals surface area contributed by atoms with Crippen molar-refractivity contribution in [2.45, 2.75) is 37.8 Å². The summed E-state index contributed by atoms with van der Waals surface area (Å²) < 4.78 is 5.77. The van der Waals surface area contributed by atoms with Crippen LogP contribution in [-0.4, -0.2) is 32.9 Å². The van der Waals surface area contributed by atoms with Crippen molar-refractivity contribution in [1.82, 2.24) is 15.3 Å². The number of aromatic nitrogens is 2. The van der Waals surface area contributed by atoms with Gasteiger partial charge in [-0.15, -0.1) is 0 Å². The maximum Gasteiger partial charge on any atom is 0.282 e. The Morgan fingerprint density at radius 2 is 1.93 bits per heavy atom. The van der Waals surface area contributed by atoms with Gasteiger partial charge in [-0.25, -0.2) is 9.97 Å². The highest BCUT2D eigenvalue weighted by molar-refractivity contribution is 5.98. The largest absolute Gasteiger partial charge is 0.472 e. The van der Waals surface area contributed by atoms with Crippen LogP contribution in [0.3, 0.4) is 0 Å². The minimum Gasteiger partial charge on any atom is -0.472 e. The lowest BCUT2D eigenvalue weighted by molar-refractivity contribution is -0.385. The molecule has 9 nitrogen and oxygen atoms in total. The number of para-hydroxylation sites is 1. The molecule has 1 fully saturated rings. The quantitative estimate of drug-likeness (QED) is 0.634. The van der Waals surface area contributed by atoms with Crippen LogP contribution < -0.4 is 10.1 Å². The standard InChI is InChI=1S/C18H17N5O4/c19-11-15-18(21-10-9-20-15)27-13-7-5-12(6-8-13)22-17(24)14-3-1-2-4-16(14)23(25)26/h1-4,9-10,12-13H,5-8H2,(H,22,24). The number of hydrogen-bond donors (Lipinski definition) is 1. The van der Waals surface area contributed by atoms with Crippen molar-refractivity contribution >= 4 is 11.6 Å². The van der Waals surface area contributed by atoms with Gasteiger partial charge in [0.1, 0.15) is 17.7 Å². The van der Waals surface area contributed by atoms with Gasteiger partial charge in [0, 0.05) is 24.5 Å². The van der Waals surface area contributed by atoms with E-state index in [-0.39, 0.29) is 35.0 Å². The van der Waals surface area contributed by atoms with E-state index in [2.05, 4.69) is 15.3 Å². The third-order valence-corrected chi connectivity index (χ3v) is 4.40. The summed E-state index contributed by atoms with van der Waals surface area (Å²) in [5.74, 6) is -0.236. The Kier molecular flexibility index (Phi) is 5.56. The maximum atomic E-state index is 12.4. The van der Waals surface area contributed by atoms with Crippen molar-refractivity contribution in [1.29, 1.82) is 5.26 Å². The second kappa shape index (κ2) is 8.23. The molecule has 0 bridgehead atoms. The fourth-order valence-electron chi connectivity index (χ4n) is 3.06. The number of amides is 1. The van der Waals surface area contributed by atoms with Gasteiger partial charge in [-0.2, -0.15) is 5.26 Å². The highest BCUT2D eigenvalue weighted by Gasteiger charge is 2.27. The fourth-order valence-corrected chi connectivity index (χ4v) is 3.06. The monoisotopic (exact) mass is 367 g/mol. The Balaban J connectivity index is 1.56. The summed E-state index contributed by atoms with van der Waals surface area (Å²) in [5.41, 5.74) is -0.0119. The Morgan fingerprint density at radius 3 is 2.63 bits per heavy atom. The zero-order valence-electron chi connectivity index (χ0n) is 14.4. The van der Waals surface area contributed by atoms with Crippen LogP contribution in [0.25, 0.3) is 0 Å². The third-order valence-electron chi connectivity index (χ3n) is 4.40. The number of nitro benzene ring substituents is 1. The summed E-state index contributed by atoms with van der Waals surface area (Å²) in [7, 11) is 0. The highest BCUT2D eigenvalue weighted by Crippen LogP contribution is 2.25. The average Bonchev–Trinajstić information content (AvgIpc) is 2.69. The van der Waals surface area contributed by atoms with E-state index in [1.54, 1.807) is 6.07 Å². The molecule has 1 heterocycles. The molecular formula is C18H17N5O4. The number of nitrogens with one attached hydrogen (secondary N) is 1. The van der Waals surface area contributed by atoms with E-state index in [1.807, 2.05) is 6.07 Å². The number of hydrogen-bond acceptors (Lipinski definition) is 7. The molecule has 0 atom stereocenters. The normalized spacial score (nSPS) is 18.9. The molecule has 0 saturated heterocycles. The lowest BCUT2D eigenvalue weighted by atomic mass is 9.92. The number of nitro groups is 1. The van der Waals surface area contributed by atoms with Crippen molar-refractivity contribution < 1.29 is 14.5 Å². The van der Waals surface area contributed by atoms with Crippen LogP contribution in [0.2, 0.25) is 0 Å². The number of rotatable bonds is 5. The molecule has 0 spiro atoms. The highest BCUT2D eigenvalue weighted by atomic mass is 16.6. The van der Waals surface area contributed by atoms with Crippen LogP contribution >= 0.6 is 0 Å². The molecule has 1 aliphatic carbocycles. The van der Waals surface area contributed by atoms with Crippen LogP contribution in [0.4, 0.5) is 5.69 Å². The minimum absolute atomic E-state index is 0.0547. The summed E-state index contributed by atoms with van der Waals surface area (Å²) >= 11 is 0. The Bertz CT molecular complexity index is 887. The van der Waals surface area contributed by atoms with E-state index in [1.165, 1.54) is 30.6 Å². The van der Waals surface area contributed by atoms with Gasteiger partial charge in [0.15, 0.2) is 0 Å². The molecule has 138 valence electrons. The molecule has 3 rings (SSSR count). The molecule has 0 unspecified atom stereocenters. The number of ether oxygens (including phenoxy) is 1. The number of carbonyl (C=O) groups is 1. The van der Waals surface area contributed by atoms with E-state index >= 15 is 0 Å². The number of carbonyl (C=O) groups excluding carboxylic acids is 1. The molecule has 1 aliphatic rings. The average molecular weight is 367 g/mol. The van der Waals surface area contributed by atoms with Gasteiger partial charge in [0.05, 0.1) is 4.92 Å². The minimum atomic E-state index is -0.562. The molecule has 0 radical (unpaired) electrons. The van der Waals surface area contributed by atoms with Gasteiger partial charge in [0.25, 0.3) is 17.5 Å². The summed E-state index contributed by atoms with van der Waals surface area (Å²) in [6.07, 6.45) is 5.45. The zero-order valence-corrected chi connectivity index (χ0v) is 14.4. The van der Waals surface area contributed by atoms with Gasteiger partial charge >= 0.3 is 0 Å². The van der Waals surface area contributed by atoms with Gasteiger partial charge < -0.3 is 10.1 Å². The molecular weight excluding hydrogens is 350 g/mol. The molecule has 27 heavy (non-hydrogen) atoms. The van der Waals surface area contributed by atoms with Crippen LogP contribution in [0.1, 0.15) is 41.7 Å². The van der Waals surface area contributed by atoms with Gasteiger partial charge in [-0.05, 0) is 31.7 Å². The second-order valence-corrected chi connectivity index (χ2v) is 6.16. The molecule has 9 heteroatoms. The van der Waals surface area contributed by atoms with Crippen LogP contribution in [0, 0.1) is 21.4 Å². The van der Waals surface area contributed by atoms with E-state index < -0.39 is 10.8 Å². The predicted molar refractivity (Wildman–Crippen MR) is 94.0 cm³/mol. The molecule has 0 aliphatic heterocycles. The topological polar surface area (TPSA) is 131 Å². The van der Waals surface area contributed by atoms with Gasteiger partial charge in [-0.1, -0.05) is 12.1 Å². The smallest absolute Gasteiger partial charge is 0.282 e. The summed E-state index contributed by atoms with van der Waals surface area (Å²) in [6.45, 7) is 0. The third kappa shape index (κ3) is 4.36. The van der Waals surface area contributed by atoms with E-state index in [0.29, 0.717) is 25.7 Å². The van der Waals surface area contributed by atoms with E-state index in [4.69, 9.17) is 10.00 Å². The molecule has 2 aromatic rings. The molecule has 1 aromatic carbocycles. The first kappa shape index (κ1) is 18.3. The summed E-state index contributed by atoms with van der Waals surface area (Å²) in [5, 5.41) is 23.0. The first-order chi connectivity index (χ1) is 13.1. The zero-order chi connectivity index (χ0) is 19.2. The lowest BCUT2D eigenvalue weighted by Crippen LogP contribution is -2.40. The maximum absolute atomic E-state index is 12.4. The van der Waals surface area contributed by atoms with Crippen LogP contribution in [0.5, 0.6) is 5.88 Å². The summed E-state index contributed by atoms with van der Waals surface area (Å²) in [4.78, 5) is 30.8. The van der Waals surface area contributed by atoms with Crippen molar-refractivity contribution in [2.24, 2.45) is 0 Å². The molecule has 1 amide bonds. The fraction of sp³-hybridized carbons (Fsp3) is 0.333. The van der Waals surface area contributed by atoms with Crippen LogP contribution in [0.15, 0.2) is 36.7 Å². The van der Waals surface area contributed by atoms with Crippen LogP contribution in [-0.2, 0) is 0 Å². The number of nitrogens with zero attached hydrogens (tertiary/aromatic N) is 4. The predicted octanol–water partition coefficient (Wildman–Crippen LogP) is 2.38. The Hall–Kier alpha value is -3.54. The van der Waals surface area contributed by atoms with Crippen molar-refractivity contribution in [2.75, 3.05) is 0 Å². The van der Waals surface area contributed by atoms with Gasteiger partial charge in [0.2, 0.25) is 5.69 Å². The molecule has 1 aromatic heterocycles. The van der Waals surface area contributed by atoms with Gasteiger partial charge in [-0.3, -0.25) is 14.9 Å². The van der Waals surface area contributed by atoms with E-state index in [9.17, 15) is 14.9 Å². The Labute approximate surface area is 155 Å². The lowest BCUT2D eigenvalue weighted by Gasteiger charge is -2.29. The number of benzene rings is 1.